The quantitative estimate of drug-likeness (QED) is 0.700. The highest BCUT2D eigenvalue weighted by Gasteiger charge is 2.75. The zero-order chi connectivity index (χ0) is 10.9. The van der Waals surface area contributed by atoms with Crippen molar-refractivity contribution in [2.75, 3.05) is 0 Å². The van der Waals surface area contributed by atoms with Crippen molar-refractivity contribution >= 4 is 5.97 Å². The van der Waals surface area contributed by atoms with Crippen LogP contribution >= 0.6 is 0 Å². The second-order valence-corrected chi connectivity index (χ2v) is 5.99. The van der Waals surface area contributed by atoms with Gasteiger partial charge in [-0.2, -0.15) is 0 Å². The predicted molar refractivity (Wildman–Crippen MR) is 54.8 cm³/mol. The van der Waals surface area contributed by atoms with Gasteiger partial charge in [0.05, 0.1) is 5.92 Å². The molecule has 3 aliphatic rings. The molecular formula is C12H20O2. The molecule has 3 fully saturated rings. The van der Waals surface area contributed by atoms with Crippen LogP contribution < -0.4 is 0 Å². The van der Waals surface area contributed by atoms with E-state index in [1.54, 1.807) is 0 Å². The first-order valence-corrected chi connectivity index (χ1v) is 5.49. The lowest BCUT2D eigenvalue weighted by Crippen LogP contribution is -2.56. The van der Waals surface area contributed by atoms with Crippen molar-refractivity contribution in [1.82, 2.24) is 0 Å². The van der Waals surface area contributed by atoms with E-state index >= 15 is 0 Å². The first-order chi connectivity index (χ1) is 6.26. The lowest BCUT2D eigenvalue weighted by atomic mass is 9.44. The standard InChI is InChI=1S/C12H20O2/c1-6-8-7(2)12(5,11(8,3)4)9(6)10(13)14/h6-9H,1-5H3,(H,13,14). The highest BCUT2D eigenvalue weighted by molar-refractivity contribution is 5.73. The normalized spacial score (nSPS) is 54.1. The second kappa shape index (κ2) is 2.34. The Morgan fingerprint density at radius 3 is 1.86 bits per heavy atom. The van der Waals surface area contributed by atoms with Crippen LogP contribution in [0.2, 0.25) is 0 Å². The number of rotatable bonds is 1. The molecule has 0 heterocycles. The van der Waals surface area contributed by atoms with Crippen LogP contribution in [0.5, 0.6) is 0 Å². The molecule has 3 aliphatic carbocycles. The first-order valence-electron chi connectivity index (χ1n) is 5.49. The van der Waals surface area contributed by atoms with E-state index in [1.165, 1.54) is 0 Å². The molecule has 0 aromatic heterocycles. The van der Waals surface area contributed by atoms with E-state index in [2.05, 4.69) is 34.6 Å². The molecule has 14 heavy (non-hydrogen) atoms. The van der Waals surface area contributed by atoms with Gasteiger partial charge < -0.3 is 5.11 Å². The fraction of sp³-hybridized carbons (Fsp3) is 0.917. The van der Waals surface area contributed by atoms with Crippen LogP contribution in [-0.4, -0.2) is 11.1 Å². The molecule has 2 heteroatoms. The summed E-state index contributed by atoms with van der Waals surface area (Å²) in [6, 6.07) is 0. The van der Waals surface area contributed by atoms with Gasteiger partial charge in [-0.25, -0.2) is 0 Å². The van der Waals surface area contributed by atoms with E-state index in [1.807, 2.05) is 0 Å². The smallest absolute Gasteiger partial charge is 0.307 e. The zero-order valence-corrected chi connectivity index (χ0v) is 9.66. The summed E-state index contributed by atoms with van der Waals surface area (Å²) in [6.45, 7) is 11.0. The molecule has 3 saturated carbocycles. The summed E-state index contributed by atoms with van der Waals surface area (Å²) in [7, 11) is 0. The van der Waals surface area contributed by atoms with Gasteiger partial charge in [0, 0.05) is 0 Å². The molecule has 0 saturated heterocycles. The third-order valence-corrected chi connectivity index (χ3v) is 5.71. The van der Waals surface area contributed by atoms with Crippen LogP contribution in [0.3, 0.4) is 0 Å². The maximum atomic E-state index is 11.3. The van der Waals surface area contributed by atoms with Crippen LogP contribution in [0.25, 0.3) is 0 Å². The van der Waals surface area contributed by atoms with Crippen molar-refractivity contribution in [3.8, 4) is 0 Å². The molecule has 3 rings (SSSR count). The Balaban J connectivity index is 2.46. The second-order valence-electron chi connectivity index (χ2n) is 5.99. The van der Waals surface area contributed by atoms with Crippen LogP contribution in [0.4, 0.5) is 0 Å². The highest BCUT2D eigenvalue weighted by Crippen LogP contribution is 2.77. The minimum atomic E-state index is -0.597. The van der Waals surface area contributed by atoms with Gasteiger partial charge in [0.1, 0.15) is 0 Å². The third-order valence-electron chi connectivity index (χ3n) is 5.71. The summed E-state index contributed by atoms with van der Waals surface area (Å²) in [5, 5.41) is 9.30. The minimum absolute atomic E-state index is 0.00289. The number of fused-ring (bicyclic) bond motifs is 1. The molecule has 0 aromatic rings. The summed E-state index contributed by atoms with van der Waals surface area (Å²) in [5.74, 6) is 0.752. The fourth-order valence-electron chi connectivity index (χ4n) is 4.88. The Bertz CT molecular complexity index is 295. The highest BCUT2D eigenvalue weighted by atomic mass is 16.4. The molecule has 2 bridgehead atoms. The molecule has 0 amide bonds. The average molecular weight is 196 g/mol. The van der Waals surface area contributed by atoms with Crippen LogP contribution in [0.15, 0.2) is 0 Å². The summed E-state index contributed by atoms with van der Waals surface area (Å²) in [5.41, 5.74) is 0.206. The Morgan fingerprint density at radius 1 is 1.21 bits per heavy atom. The minimum Gasteiger partial charge on any atom is -0.481 e. The maximum absolute atomic E-state index is 11.3. The van der Waals surface area contributed by atoms with Crippen LogP contribution in [-0.2, 0) is 4.79 Å². The Labute approximate surface area is 85.7 Å². The van der Waals surface area contributed by atoms with Crippen molar-refractivity contribution in [3.05, 3.63) is 0 Å². The van der Waals surface area contributed by atoms with E-state index < -0.39 is 5.97 Å². The van der Waals surface area contributed by atoms with Gasteiger partial charge in [-0.05, 0) is 28.6 Å². The Kier molecular flexibility index (Phi) is 1.67. The fourth-order valence-corrected chi connectivity index (χ4v) is 4.88. The summed E-state index contributed by atoms with van der Waals surface area (Å²) in [6.07, 6.45) is 0. The maximum Gasteiger partial charge on any atom is 0.307 e. The van der Waals surface area contributed by atoms with Gasteiger partial charge in [0.25, 0.3) is 0 Å². The topological polar surface area (TPSA) is 37.3 Å². The largest absolute Gasteiger partial charge is 0.481 e. The van der Waals surface area contributed by atoms with Gasteiger partial charge in [0.15, 0.2) is 0 Å². The third kappa shape index (κ3) is 0.697. The molecule has 2 nitrogen and oxygen atoms in total. The van der Waals surface area contributed by atoms with E-state index in [0.717, 1.165) is 0 Å². The van der Waals surface area contributed by atoms with Gasteiger partial charge in [-0.3, -0.25) is 4.79 Å². The van der Waals surface area contributed by atoms with Crippen molar-refractivity contribution in [3.63, 3.8) is 0 Å². The van der Waals surface area contributed by atoms with E-state index in [0.29, 0.717) is 17.8 Å². The van der Waals surface area contributed by atoms with Crippen molar-refractivity contribution in [2.45, 2.75) is 34.6 Å². The molecule has 80 valence electrons. The van der Waals surface area contributed by atoms with Crippen LogP contribution in [0.1, 0.15) is 34.6 Å². The first kappa shape index (κ1) is 10.0. The Morgan fingerprint density at radius 2 is 1.71 bits per heavy atom. The summed E-state index contributed by atoms with van der Waals surface area (Å²) in [4.78, 5) is 11.3. The zero-order valence-electron chi connectivity index (χ0n) is 9.66. The molecule has 5 unspecified atom stereocenters. The SMILES string of the molecule is CC1C2C(C)C(C)(C1C(=O)O)C2(C)C. The molecule has 5 atom stereocenters. The number of hydrogen-bond acceptors (Lipinski definition) is 1. The van der Waals surface area contributed by atoms with Gasteiger partial charge in [-0.15, -0.1) is 0 Å². The monoisotopic (exact) mass is 196 g/mol. The lowest BCUT2D eigenvalue weighted by Gasteiger charge is -2.59. The molecule has 0 aliphatic heterocycles. The van der Waals surface area contributed by atoms with Crippen molar-refractivity contribution in [1.29, 1.82) is 0 Å². The number of carbonyl (C=O) groups is 1. The van der Waals surface area contributed by atoms with E-state index in [-0.39, 0.29) is 16.7 Å². The van der Waals surface area contributed by atoms with E-state index in [9.17, 15) is 9.90 Å². The number of hydrogen-bond donors (Lipinski definition) is 1. The molecule has 1 N–H and O–H groups in total. The average Bonchev–Trinajstić information content (AvgIpc) is 2.31. The summed E-state index contributed by atoms with van der Waals surface area (Å²) < 4.78 is 0. The molecule has 0 aromatic carbocycles. The van der Waals surface area contributed by atoms with Gasteiger partial charge >= 0.3 is 5.97 Å². The van der Waals surface area contributed by atoms with Crippen LogP contribution in [0, 0.1) is 34.5 Å². The number of carboxylic acids is 1. The molecular weight excluding hydrogens is 176 g/mol. The lowest BCUT2D eigenvalue weighted by molar-refractivity contribution is -0.160. The van der Waals surface area contributed by atoms with E-state index in [4.69, 9.17) is 0 Å². The molecule has 0 spiro atoms. The summed E-state index contributed by atoms with van der Waals surface area (Å²) >= 11 is 0. The van der Waals surface area contributed by atoms with Gasteiger partial charge in [0.2, 0.25) is 0 Å². The number of carboxylic acid groups (broad SMARTS) is 1. The molecule has 0 radical (unpaired) electrons. The van der Waals surface area contributed by atoms with Gasteiger partial charge in [-0.1, -0.05) is 34.6 Å². The van der Waals surface area contributed by atoms with Crippen molar-refractivity contribution in [2.24, 2.45) is 34.5 Å². The number of aliphatic carboxylic acids is 1. The Hall–Kier alpha value is -0.530. The predicted octanol–water partition coefficient (Wildman–Crippen LogP) is 2.64. The van der Waals surface area contributed by atoms with Crippen molar-refractivity contribution < 1.29 is 9.90 Å².